The van der Waals surface area contributed by atoms with Crippen molar-refractivity contribution in [3.63, 3.8) is 0 Å². The van der Waals surface area contributed by atoms with Crippen LogP contribution < -0.4 is 0 Å². The van der Waals surface area contributed by atoms with Gasteiger partial charge < -0.3 is 9.31 Å². The Morgan fingerprint density at radius 1 is 1.15 bits per heavy atom. The van der Waals surface area contributed by atoms with Crippen LogP contribution in [0.3, 0.4) is 0 Å². The molecule has 0 amide bonds. The topological polar surface area (TPSA) is 18.5 Å². The Kier molecular flexibility index (Phi) is 4.62. The lowest BCUT2D eigenvalue weighted by molar-refractivity contribution is -0.199. The fourth-order valence-electron chi connectivity index (χ4n) is 4.54. The van der Waals surface area contributed by atoms with Crippen molar-refractivity contribution in [3.8, 4) is 0 Å². The first-order valence-electron chi connectivity index (χ1n) is 8.67. The van der Waals surface area contributed by atoms with Crippen LogP contribution in [0.15, 0.2) is 0 Å². The van der Waals surface area contributed by atoms with Crippen molar-refractivity contribution in [2.75, 3.05) is 0 Å². The lowest BCUT2D eigenvalue weighted by Gasteiger charge is -2.64. The summed E-state index contributed by atoms with van der Waals surface area (Å²) in [5, 5.41) is 0. The van der Waals surface area contributed by atoms with Gasteiger partial charge in [-0.1, -0.05) is 48.0 Å². The van der Waals surface area contributed by atoms with E-state index in [4.69, 9.17) is 9.31 Å². The summed E-state index contributed by atoms with van der Waals surface area (Å²) in [4.78, 5) is 0. The van der Waals surface area contributed by atoms with Gasteiger partial charge in [-0.05, 0) is 49.3 Å². The van der Waals surface area contributed by atoms with Gasteiger partial charge in [-0.25, -0.2) is 0 Å². The molecule has 4 atom stereocenters. The minimum Gasteiger partial charge on any atom is -0.405 e. The molecule has 20 heavy (non-hydrogen) atoms. The van der Waals surface area contributed by atoms with Crippen LogP contribution in [0.1, 0.15) is 67.7 Å². The van der Waals surface area contributed by atoms with E-state index in [0.717, 1.165) is 18.2 Å². The maximum atomic E-state index is 6.37. The van der Waals surface area contributed by atoms with Gasteiger partial charge in [0.05, 0.1) is 11.7 Å². The molecule has 0 N–H and O–H groups in total. The van der Waals surface area contributed by atoms with Crippen LogP contribution in [0.4, 0.5) is 0 Å². The van der Waals surface area contributed by atoms with Gasteiger partial charge in [0.25, 0.3) is 0 Å². The largest absolute Gasteiger partial charge is 0.457 e. The highest BCUT2D eigenvalue weighted by Gasteiger charge is 2.67. The Bertz CT molecular complexity index is 342. The first-order chi connectivity index (χ1) is 9.34. The maximum Gasteiger partial charge on any atom is 0.457 e. The molecule has 0 aromatic carbocycles. The van der Waals surface area contributed by atoms with Crippen LogP contribution >= 0.6 is 0 Å². The second-order valence-corrected chi connectivity index (χ2v) is 7.87. The molecule has 2 bridgehead atoms. The summed E-state index contributed by atoms with van der Waals surface area (Å²) in [5.74, 6) is 2.28. The summed E-state index contributed by atoms with van der Waals surface area (Å²) in [6, 6.07) is 0. The predicted octanol–water partition coefficient (Wildman–Crippen LogP) is 4.79. The van der Waals surface area contributed by atoms with E-state index in [1.165, 1.54) is 19.3 Å². The normalized spacial score (nSPS) is 40.8. The maximum absolute atomic E-state index is 6.37. The zero-order valence-corrected chi connectivity index (χ0v) is 14.5. The lowest BCUT2D eigenvalue weighted by Crippen LogP contribution is -2.65. The van der Waals surface area contributed by atoms with Gasteiger partial charge >= 0.3 is 7.12 Å². The average Bonchev–Trinajstić information content (AvgIpc) is 2.74. The monoisotopic (exact) mass is 280 g/mol. The Labute approximate surface area is 126 Å². The molecule has 4 fully saturated rings. The Balaban J connectivity index is 0.000000704. The van der Waals surface area contributed by atoms with E-state index >= 15 is 0 Å². The van der Waals surface area contributed by atoms with E-state index in [1.54, 1.807) is 0 Å². The SMILES string of the molecule is CC.CC(C)CCB1OC2CC3C[C@@H](C3(C)C)[C@]2(C)O1. The van der Waals surface area contributed by atoms with E-state index < -0.39 is 0 Å². The van der Waals surface area contributed by atoms with Gasteiger partial charge in [-0.15, -0.1) is 0 Å². The summed E-state index contributed by atoms with van der Waals surface area (Å²) in [5.41, 5.74) is 0.446. The molecule has 3 heteroatoms. The summed E-state index contributed by atoms with van der Waals surface area (Å²) in [6.07, 6.45) is 5.16. The predicted molar refractivity (Wildman–Crippen MR) is 85.7 cm³/mol. The molecule has 0 radical (unpaired) electrons. The van der Waals surface area contributed by atoms with E-state index in [0.29, 0.717) is 17.4 Å². The second kappa shape index (κ2) is 5.64. The molecule has 2 unspecified atom stereocenters. The van der Waals surface area contributed by atoms with E-state index in [1.807, 2.05) is 13.8 Å². The van der Waals surface area contributed by atoms with Crippen molar-refractivity contribution < 1.29 is 9.31 Å². The van der Waals surface area contributed by atoms with Crippen molar-refractivity contribution in [2.45, 2.75) is 85.8 Å². The number of rotatable bonds is 3. The van der Waals surface area contributed by atoms with Crippen LogP contribution in [0.5, 0.6) is 0 Å². The van der Waals surface area contributed by atoms with Gasteiger partial charge in [-0.3, -0.25) is 0 Å². The van der Waals surface area contributed by atoms with Crippen LogP contribution in [0.25, 0.3) is 0 Å². The Morgan fingerprint density at radius 3 is 2.35 bits per heavy atom. The smallest absolute Gasteiger partial charge is 0.405 e. The minimum absolute atomic E-state index is 0.0140. The molecular weight excluding hydrogens is 247 g/mol. The summed E-state index contributed by atoms with van der Waals surface area (Å²) in [6.45, 7) is 15.7. The first-order valence-corrected chi connectivity index (χ1v) is 8.67. The second-order valence-electron chi connectivity index (χ2n) is 7.87. The molecule has 4 rings (SSSR count). The first kappa shape index (κ1) is 16.4. The Morgan fingerprint density at radius 2 is 1.80 bits per heavy atom. The molecule has 0 spiro atoms. The van der Waals surface area contributed by atoms with Crippen molar-refractivity contribution in [1.82, 2.24) is 0 Å². The quantitative estimate of drug-likeness (QED) is 0.692. The van der Waals surface area contributed by atoms with Crippen molar-refractivity contribution in [3.05, 3.63) is 0 Å². The molecule has 116 valence electrons. The summed E-state index contributed by atoms with van der Waals surface area (Å²) in [7, 11) is 0.0533. The third-order valence-electron chi connectivity index (χ3n) is 5.98. The number of hydrogen-bond donors (Lipinski definition) is 0. The lowest BCUT2D eigenvalue weighted by atomic mass is 9.43. The molecule has 0 aromatic heterocycles. The van der Waals surface area contributed by atoms with E-state index in [-0.39, 0.29) is 12.7 Å². The molecule has 0 aromatic rings. The van der Waals surface area contributed by atoms with Gasteiger partial charge in [0, 0.05) is 0 Å². The highest BCUT2D eigenvalue weighted by Crippen LogP contribution is 2.65. The molecule has 1 heterocycles. The average molecular weight is 280 g/mol. The third-order valence-corrected chi connectivity index (χ3v) is 5.98. The molecule has 3 aliphatic carbocycles. The Hall–Kier alpha value is -0.0151. The zero-order chi connectivity index (χ0) is 15.1. The fourth-order valence-corrected chi connectivity index (χ4v) is 4.54. The molecule has 1 saturated heterocycles. The fraction of sp³-hybridized carbons (Fsp3) is 1.00. The van der Waals surface area contributed by atoms with E-state index in [2.05, 4.69) is 34.6 Å². The molecule has 3 saturated carbocycles. The van der Waals surface area contributed by atoms with Crippen molar-refractivity contribution in [1.29, 1.82) is 0 Å². The molecule has 2 nitrogen and oxygen atoms in total. The zero-order valence-electron chi connectivity index (χ0n) is 14.5. The van der Waals surface area contributed by atoms with Gasteiger partial charge in [-0.2, -0.15) is 0 Å². The minimum atomic E-state index is -0.0140. The van der Waals surface area contributed by atoms with E-state index in [9.17, 15) is 0 Å². The highest BCUT2D eigenvalue weighted by molar-refractivity contribution is 6.45. The third kappa shape index (κ3) is 2.45. The number of hydrogen-bond acceptors (Lipinski definition) is 2. The standard InChI is InChI=1S/C15H27BO2.C2H6/c1-10(2)6-7-16-17-13-9-11-8-12(14(11,3)4)15(13,5)18-16;1-2/h10-13H,6-9H2,1-5H3;1-2H3/t11?,12-,13?,15-;/m0./s1. The molecular formula is C17H33BO2. The summed E-state index contributed by atoms with van der Waals surface area (Å²) >= 11 is 0. The summed E-state index contributed by atoms with van der Waals surface area (Å²) < 4.78 is 12.6. The molecule has 4 aliphatic rings. The van der Waals surface area contributed by atoms with Crippen LogP contribution in [0, 0.1) is 23.2 Å². The van der Waals surface area contributed by atoms with Gasteiger partial charge in [0.2, 0.25) is 0 Å². The van der Waals surface area contributed by atoms with Gasteiger partial charge in [0.15, 0.2) is 0 Å². The van der Waals surface area contributed by atoms with Crippen LogP contribution in [-0.2, 0) is 9.31 Å². The highest BCUT2D eigenvalue weighted by atomic mass is 16.7. The molecule has 1 aliphatic heterocycles. The van der Waals surface area contributed by atoms with Gasteiger partial charge in [0.1, 0.15) is 0 Å². The van der Waals surface area contributed by atoms with Crippen molar-refractivity contribution in [2.24, 2.45) is 23.2 Å². The van der Waals surface area contributed by atoms with Crippen LogP contribution in [-0.4, -0.2) is 18.8 Å². The van der Waals surface area contributed by atoms with Crippen LogP contribution in [0.2, 0.25) is 6.32 Å². The van der Waals surface area contributed by atoms with Crippen molar-refractivity contribution >= 4 is 7.12 Å².